The van der Waals surface area contributed by atoms with Crippen molar-refractivity contribution in [1.29, 1.82) is 0 Å². The van der Waals surface area contributed by atoms with Crippen LogP contribution in [0.3, 0.4) is 0 Å². The molecule has 0 bridgehead atoms. The number of amides is 1. The smallest absolute Gasteiger partial charge is 0.223 e. The van der Waals surface area contributed by atoms with Crippen LogP contribution in [0.15, 0.2) is 0 Å². The molecule has 2 saturated carbocycles. The standard InChI is InChI=1S/C14H25NO2S/c1-4-17-12-8-11(14(12)6-5-7-14)15-13(16)10(2)9-18-3/h10-12H,4-9H2,1-3H3,(H,15,16)/t10-,11-,12+/m0/s1. The van der Waals surface area contributed by atoms with Gasteiger partial charge in [-0.25, -0.2) is 0 Å². The van der Waals surface area contributed by atoms with Crippen LogP contribution in [0.1, 0.15) is 39.5 Å². The van der Waals surface area contributed by atoms with E-state index in [9.17, 15) is 4.79 Å². The number of carbonyl (C=O) groups is 1. The SMILES string of the molecule is CCO[C@@H]1C[C@H](NC(=O)[C@@H](C)CSC)C12CCC2. The van der Waals surface area contributed by atoms with Gasteiger partial charge in [-0.15, -0.1) is 0 Å². The van der Waals surface area contributed by atoms with E-state index in [1.54, 1.807) is 11.8 Å². The average molecular weight is 271 g/mol. The molecule has 1 amide bonds. The first-order valence-electron chi connectivity index (χ1n) is 7.05. The van der Waals surface area contributed by atoms with Crippen LogP contribution in [-0.4, -0.2) is 36.7 Å². The van der Waals surface area contributed by atoms with Gasteiger partial charge in [0, 0.05) is 29.7 Å². The van der Waals surface area contributed by atoms with Gasteiger partial charge in [0.05, 0.1) is 6.10 Å². The predicted molar refractivity (Wildman–Crippen MR) is 75.8 cm³/mol. The summed E-state index contributed by atoms with van der Waals surface area (Å²) >= 11 is 1.73. The molecule has 2 aliphatic rings. The summed E-state index contributed by atoms with van der Waals surface area (Å²) in [5.74, 6) is 1.24. The highest BCUT2D eigenvalue weighted by Crippen LogP contribution is 2.57. The first kappa shape index (κ1) is 14.2. The van der Waals surface area contributed by atoms with Crippen molar-refractivity contribution in [3.8, 4) is 0 Å². The minimum atomic E-state index is 0.114. The zero-order valence-electron chi connectivity index (χ0n) is 11.7. The van der Waals surface area contributed by atoms with Crippen molar-refractivity contribution in [2.24, 2.45) is 11.3 Å². The fourth-order valence-corrected chi connectivity index (χ4v) is 3.93. The van der Waals surface area contributed by atoms with Gasteiger partial charge in [-0.05, 0) is 32.4 Å². The van der Waals surface area contributed by atoms with E-state index < -0.39 is 0 Å². The molecule has 0 aromatic heterocycles. The van der Waals surface area contributed by atoms with Gasteiger partial charge in [0.25, 0.3) is 0 Å². The fraction of sp³-hybridized carbons (Fsp3) is 0.929. The summed E-state index contributed by atoms with van der Waals surface area (Å²) in [6.45, 7) is 4.85. The highest BCUT2D eigenvalue weighted by atomic mass is 32.2. The second-order valence-corrected chi connectivity index (χ2v) is 6.59. The number of ether oxygens (including phenoxy) is 1. The van der Waals surface area contributed by atoms with E-state index in [0.29, 0.717) is 12.1 Å². The molecule has 2 aliphatic carbocycles. The number of hydrogen-bond acceptors (Lipinski definition) is 3. The third-order valence-electron chi connectivity index (χ3n) is 4.62. The molecule has 18 heavy (non-hydrogen) atoms. The lowest BCUT2D eigenvalue weighted by Gasteiger charge is -2.61. The van der Waals surface area contributed by atoms with Crippen LogP contribution >= 0.6 is 11.8 Å². The fourth-order valence-electron chi connectivity index (χ4n) is 3.28. The Morgan fingerprint density at radius 3 is 2.78 bits per heavy atom. The van der Waals surface area contributed by atoms with Crippen molar-refractivity contribution in [3.63, 3.8) is 0 Å². The highest BCUT2D eigenvalue weighted by molar-refractivity contribution is 7.98. The normalized spacial score (nSPS) is 30.4. The van der Waals surface area contributed by atoms with Crippen LogP contribution in [0, 0.1) is 11.3 Å². The topological polar surface area (TPSA) is 38.3 Å². The van der Waals surface area contributed by atoms with E-state index >= 15 is 0 Å². The Kier molecular flexibility index (Phi) is 4.59. The summed E-state index contributed by atoms with van der Waals surface area (Å²) < 4.78 is 5.80. The molecule has 1 N–H and O–H groups in total. The van der Waals surface area contributed by atoms with E-state index in [0.717, 1.165) is 18.8 Å². The van der Waals surface area contributed by atoms with Crippen LogP contribution in [-0.2, 0) is 9.53 Å². The lowest BCUT2D eigenvalue weighted by Crippen LogP contribution is -2.68. The van der Waals surface area contributed by atoms with Crippen molar-refractivity contribution in [3.05, 3.63) is 0 Å². The van der Waals surface area contributed by atoms with Gasteiger partial charge in [-0.3, -0.25) is 4.79 Å². The third kappa shape index (κ3) is 2.42. The zero-order chi connectivity index (χ0) is 13.2. The Bertz CT molecular complexity index is 304. The second kappa shape index (κ2) is 5.83. The van der Waals surface area contributed by atoms with Gasteiger partial charge in [0.1, 0.15) is 0 Å². The molecule has 2 fully saturated rings. The molecular formula is C14H25NO2S. The van der Waals surface area contributed by atoms with Gasteiger partial charge >= 0.3 is 0 Å². The molecule has 0 aromatic rings. The van der Waals surface area contributed by atoms with E-state index in [4.69, 9.17) is 4.74 Å². The van der Waals surface area contributed by atoms with Crippen molar-refractivity contribution in [2.45, 2.75) is 51.7 Å². The first-order chi connectivity index (χ1) is 8.64. The van der Waals surface area contributed by atoms with Gasteiger partial charge in [-0.1, -0.05) is 13.3 Å². The summed E-state index contributed by atoms with van der Waals surface area (Å²) in [5.41, 5.74) is 0.282. The quantitative estimate of drug-likeness (QED) is 0.806. The van der Waals surface area contributed by atoms with Crippen molar-refractivity contribution >= 4 is 17.7 Å². The highest BCUT2D eigenvalue weighted by Gasteiger charge is 2.59. The minimum absolute atomic E-state index is 0.114. The van der Waals surface area contributed by atoms with E-state index in [-0.39, 0.29) is 17.2 Å². The molecule has 0 saturated heterocycles. The molecule has 0 unspecified atom stereocenters. The van der Waals surface area contributed by atoms with Crippen LogP contribution in [0.5, 0.6) is 0 Å². The van der Waals surface area contributed by atoms with Crippen molar-refractivity contribution in [2.75, 3.05) is 18.6 Å². The number of thioether (sulfide) groups is 1. The first-order valence-corrected chi connectivity index (χ1v) is 8.44. The van der Waals surface area contributed by atoms with Crippen LogP contribution in [0.25, 0.3) is 0 Å². The van der Waals surface area contributed by atoms with Crippen LogP contribution in [0.4, 0.5) is 0 Å². The van der Waals surface area contributed by atoms with E-state index in [1.165, 1.54) is 19.3 Å². The van der Waals surface area contributed by atoms with Gasteiger partial charge in [0.15, 0.2) is 0 Å². The molecule has 2 rings (SSSR count). The molecule has 104 valence electrons. The molecule has 4 heteroatoms. The number of hydrogen-bond donors (Lipinski definition) is 1. The van der Waals surface area contributed by atoms with Crippen LogP contribution < -0.4 is 5.32 Å². The van der Waals surface area contributed by atoms with E-state index in [2.05, 4.69) is 12.2 Å². The number of carbonyl (C=O) groups excluding carboxylic acids is 1. The van der Waals surface area contributed by atoms with Gasteiger partial charge < -0.3 is 10.1 Å². The third-order valence-corrected chi connectivity index (χ3v) is 5.45. The number of rotatable bonds is 6. The molecule has 0 aliphatic heterocycles. The predicted octanol–water partition coefficient (Wildman–Crippen LogP) is 2.45. The Morgan fingerprint density at radius 2 is 2.28 bits per heavy atom. The maximum atomic E-state index is 12.1. The maximum absolute atomic E-state index is 12.1. The maximum Gasteiger partial charge on any atom is 0.223 e. The largest absolute Gasteiger partial charge is 0.378 e. The molecule has 0 heterocycles. The zero-order valence-corrected chi connectivity index (χ0v) is 12.5. The summed E-state index contributed by atoms with van der Waals surface area (Å²) in [7, 11) is 0. The van der Waals surface area contributed by atoms with Crippen molar-refractivity contribution < 1.29 is 9.53 Å². The molecule has 1 spiro atoms. The summed E-state index contributed by atoms with van der Waals surface area (Å²) in [6, 6.07) is 0.361. The molecule has 0 radical (unpaired) electrons. The summed E-state index contributed by atoms with van der Waals surface area (Å²) in [5, 5.41) is 3.25. The lowest BCUT2D eigenvalue weighted by molar-refractivity contribution is -0.176. The van der Waals surface area contributed by atoms with Gasteiger partial charge in [-0.2, -0.15) is 11.8 Å². The Labute approximate surface area is 114 Å². The molecule has 0 aromatic carbocycles. The Balaban J connectivity index is 1.86. The average Bonchev–Trinajstić information content (AvgIpc) is 2.25. The molecule has 3 atom stereocenters. The Hall–Kier alpha value is -0.220. The molecular weight excluding hydrogens is 246 g/mol. The van der Waals surface area contributed by atoms with Crippen LogP contribution in [0.2, 0.25) is 0 Å². The minimum Gasteiger partial charge on any atom is -0.378 e. The van der Waals surface area contributed by atoms with Crippen molar-refractivity contribution in [1.82, 2.24) is 5.32 Å². The van der Waals surface area contributed by atoms with E-state index in [1.807, 2.05) is 13.2 Å². The Morgan fingerprint density at radius 1 is 1.56 bits per heavy atom. The molecule has 3 nitrogen and oxygen atoms in total. The second-order valence-electron chi connectivity index (χ2n) is 5.68. The monoisotopic (exact) mass is 271 g/mol. The lowest BCUT2D eigenvalue weighted by atomic mass is 9.51. The summed E-state index contributed by atoms with van der Waals surface area (Å²) in [4.78, 5) is 12.1. The number of nitrogens with one attached hydrogen (secondary N) is 1. The summed E-state index contributed by atoms with van der Waals surface area (Å²) in [6.07, 6.45) is 7.17. The van der Waals surface area contributed by atoms with Gasteiger partial charge in [0.2, 0.25) is 5.91 Å².